The third kappa shape index (κ3) is 9.51. The van der Waals surface area contributed by atoms with E-state index in [0.29, 0.717) is 16.8 Å². The molecular weight excluding hydrogens is 1100 g/mol. The van der Waals surface area contributed by atoms with Crippen molar-refractivity contribution in [1.82, 2.24) is 29.1 Å². The minimum absolute atomic E-state index is 0.455. The van der Waals surface area contributed by atoms with Gasteiger partial charge in [-0.3, -0.25) is 19.9 Å². The van der Waals surface area contributed by atoms with Gasteiger partial charge in [-0.05, 0) is 94.5 Å². The second kappa shape index (κ2) is 22.3. The Balaban J connectivity index is 0.982. The number of hydrogen-bond donors (Lipinski definition) is 0. The fourth-order valence-electron chi connectivity index (χ4n) is 12.7. The van der Waals surface area contributed by atoms with Gasteiger partial charge < -0.3 is 9.13 Å². The molecule has 0 radical (unpaired) electrons. The van der Waals surface area contributed by atoms with E-state index in [2.05, 4.69) is 196 Å². The van der Waals surface area contributed by atoms with Crippen molar-refractivity contribution in [3.63, 3.8) is 0 Å². The number of pyridine rings is 4. The van der Waals surface area contributed by atoms with Crippen LogP contribution in [0.4, 0.5) is 5.69 Å². The summed E-state index contributed by atoms with van der Waals surface area (Å²) in [6, 6.07) is 98.9. The van der Waals surface area contributed by atoms with Crippen molar-refractivity contribution in [2.75, 3.05) is 0 Å². The highest BCUT2D eigenvalue weighted by Crippen LogP contribution is 2.45. The average molecular weight is 1150 g/mol. The Kier molecular flexibility index (Phi) is 13.1. The highest BCUT2D eigenvalue weighted by Gasteiger charge is 2.25. The van der Waals surface area contributed by atoms with Gasteiger partial charge in [-0.1, -0.05) is 212 Å². The quantitative estimate of drug-likeness (QED) is 0.120. The molecule has 0 saturated heterocycles. The summed E-state index contributed by atoms with van der Waals surface area (Å²) in [6.07, 6.45) is 7.82. The zero-order chi connectivity index (χ0) is 60.1. The van der Waals surface area contributed by atoms with Crippen molar-refractivity contribution in [2.24, 2.45) is 0 Å². The van der Waals surface area contributed by atoms with E-state index in [1.54, 1.807) is 6.07 Å². The molecule has 0 aliphatic rings. The Hall–Kier alpha value is -12.6. The lowest BCUT2D eigenvalue weighted by Crippen LogP contribution is -2.06. The van der Waals surface area contributed by atoms with Crippen LogP contribution in [0.5, 0.6) is 0 Å². The molecule has 0 atom stereocenters. The normalized spacial score (nSPS) is 11.3. The van der Waals surface area contributed by atoms with Crippen LogP contribution in [0.3, 0.4) is 0 Å². The Morgan fingerprint density at radius 2 is 0.600 bits per heavy atom. The van der Waals surface area contributed by atoms with Crippen molar-refractivity contribution in [3.8, 4) is 118 Å². The van der Waals surface area contributed by atoms with Gasteiger partial charge in [0.1, 0.15) is 0 Å². The molecule has 0 N–H and O–H groups in total. The summed E-state index contributed by atoms with van der Waals surface area (Å²) < 4.78 is 4.71. The Labute approximate surface area is 519 Å². The van der Waals surface area contributed by atoms with Gasteiger partial charge in [0.2, 0.25) is 0 Å². The Morgan fingerprint density at radius 3 is 0.900 bits per heavy atom. The van der Waals surface area contributed by atoms with Gasteiger partial charge in [-0.15, -0.1) is 0 Å². The molecule has 6 aromatic heterocycles. The van der Waals surface area contributed by atoms with Crippen LogP contribution in [0.25, 0.3) is 160 Å². The summed E-state index contributed by atoms with van der Waals surface area (Å²) >= 11 is 0. The molecule has 0 aliphatic heterocycles. The van der Waals surface area contributed by atoms with Gasteiger partial charge in [0.15, 0.2) is 5.69 Å². The Morgan fingerprint density at radius 1 is 0.289 bits per heavy atom. The smallest absolute Gasteiger partial charge is 0.187 e. The molecule has 418 valence electrons. The zero-order valence-electron chi connectivity index (χ0n) is 48.4. The topological polar surface area (TPSA) is 89.6 Å². The largest absolute Gasteiger partial charge is 0.307 e. The number of fused-ring (bicyclic) bond motifs is 6. The number of nitriles is 1. The molecule has 0 fully saturated rings. The van der Waals surface area contributed by atoms with E-state index in [9.17, 15) is 5.26 Å². The average Bonchev–Trinajstić information content (AvgIpc) is 1.58. The SMILES string of the molecule is [C-]#[N+]c1cccc(-c2cc(-n3c4cc(-c5ccc(-c6ccccc6)nc5)ccc4c4ccc(-c5ccc(-c6ccccc6)nc5)cc43)c(-n3c4cc(-c5ccc(-c6ccccc6)nc5)ccc4c4ccc(-c5ccc(-c6ccccc6)nc5)cc43)cc2C#N)c1. The molecule has 0 aliphatic carbocycles. The maximum atomic E-state index is 11.6. The second-order valence-electron chi connectivity index (χ2n) is 22.5. The van der Waals surface area contributed by atoms with Gasteiger partial charge in [-0.25, -0.2) is 4.85 Å². The first kappa shape index (κ1) is 52.9. The van der Waals surface area contributed by atoms with Crippen molar-refractivity contribution in [1.29, 1.82) is 5.26 Å². The number of aromatic nitrogens is 6. The predicted molar refractivity (Wildman–Crippen MR) is 366 cm³/mol. The van der Waals surface area contributed by atoms with Gasteiger partial charge in [-0.2, -0.15) is 5.26 Å². The van der Waals surface area contributed by atoms with Crippen LogP contribution < -0.4 is 0 Å². The standard InChI is InChI=1S/C82H50N8/c1-84-67-24-14-23-61(41-67)72-47-82(90-79-44-59(64-31-39-75(87-51-64)55-19-10-4-11-20-55)27-35-70(79)71-36-28-60(45-80(71)90)65-32-40-76(88-52-65)56-21-12-5-13-22-56)81(46-66(72)48-83)89-77-42-57(62-29-37-73(85-49-62)53-15-6-2-7-16-53)25-33-68(77)69-34-26-58(43-78(69)89)63-30-38-74(86-50-63)54-17-8-3-9-18-54/h2-47,49-52H. The lowest BCUT2D eigenvalue weighted by Gasteiger charge is -2.20. The fraction of sp³-hybridized carbons (Fsp3) is 0. The van der Waals surface area contributed by atoms with E-state index in [1.165, 1.54) is 0 Å². The third-order valence-electron chi connectivity index (χ3n) is 17.2. The minimum Gasteiger partial charge on any atom is -0.307 e. The zero-order valence-corrected chi connectivity index (χ0v) is 48.4. The molecule has 10 aromatic carbocycles. The molecule has 90 heavy (non-hydrogen) atoms. The summed E-state index contributed by atoms with van der Waals surface area (Å²) in [5, 5.41) is 15.7. The molecule has 16 aromatic rings. The molecule has 0 unspecified atom stereocenters. The highest BCUT2D eigenvalue weighted by atomic mass is 15.1. The molecule has 8 nitrogen and oxygen atoms in total. The molecule has 6 heterocycles. The van der Waals surface area contributed by atoms with Crippen LogP contribution in [-0.4, -0.2) is 29.1 Å². The van der Waals surface area contributed by atoms with Crippen molar-refractivity contribution in [2.45, 2.75) is 0 Å². The first-order valence-corrected chi connectivity index (χ1v) is 29.8. The lowest BCUT2D eigenvalue weighted by molar-refractivity contribution is 1.09. The second-order valence-corrected chi connectivity index (χ2v) is 22.5. The van der Waals surface area contributed by atoms with Crippen molar-refractivity contribution >= 4 is 49.3 Å². The lowest BCUT2D eigenvalue weighted by atomic mass is 9.97. The van der Waals surface area contributed by atoms with Crippen molar-refractivity contribution in [3.05, 3.63) is 321 Å². The van der Waals surface area contributed by atoms with Gasteiger partial charge in [0.05, 0.1) is 74.4 Å². The summed E-state index contributed by atoms with van der Waals surface area (Å²) in [5.74, 6) is 0. The van der Waals surface area contributed by atoms with E-state index >= 15 is 0 Å². The van der Waals surface area contributed by atoms with Crippen molar-refractivity contribution < 1.29 is 0 Å². The number of rotatable bonds is 11. The predicted octanol–water partition coefficient (Wildman–Crippen LogP) is 20.9. The summed E-state index contributed by atoms with van der Waals surface area (Å²) in [6.45, 7) is 8.11. The maximum Gasteiger partial charge on any atom is 0.187 e. The van der Waals surface area contributed by atoms with Gasteiger partial charge in [0, 0.05) is 96.4 Å². The van der Waals surface area contributed by atoms with Crippen LogP contribution in [0.2, 0.25) is 0 Å². The van der Waals surface area contributed by atoms with Crippen LogP contribution in [0.15, 0.2) is 304 Å². The molecule has 0 bridgehead atoms. The van der Waals surface area contributed by atoms with Crippen LogP contribution in [0.1, 0.15) is 5.56 Å². The van der Waals surface area contributed by atoms with Crippen LogP contribution in [-0.2, 0) is 0 Å². The molecule has 0 spiro atoms. The van der Waals surface area contributed by atoms with E-state index in [4.69, 9.17) is 26.5 Å². The van der Waals surface area contributed by atoms with E-state index < -0.39 is 0 Å². The molecule has 8 heteroatoms. The van der Waals surface area contributed by atoms with Crippen LogP contribution in [0, 0.1) is 17.9 Å². The molecule has 0 saturated carbocycles. The van der Waals surface area contributed by atoms with E-state index in [-0.39, 0.29) is 0 Å². The molecule has 16 rings (SSSR count). The number of nitrogens with zero attached hydrogens (tertiary/aromatic N) is 8. The number of hydrogen-bond acceptors (Lipinski definition) is 5. The third-order valence-corrected chi connectivity index (χ3v) is 17.2. The van der Waals surface area contributed by atoms with Gasteiger partial charge in [0.25, 0.3) is 0 Å². The maximum absolute atomic E-state index is 11.6. The minimum atomic E-state index is 0.455. The van der Waals surface area contributed by atoms with E-state index in [0.717, 1.165) is 150 Å². The number of benzene rings is 10. The van der Waals surface area contributed by atoms with Crippen LogP contribution >= 0.6 is 0 Å². The van der Waals surface area contributed by atoms with E-state index in [1.807, 2.05) is 122 Å². The first-order valence-electron chi connectivity index (χ1n) is 29.8. The summed E-state index contributed by atoms with van der Waals surface area (Å²) in [4.78, 5) is 23.9. The monoisotopic (exact) mass is 1150 g/mol. The van der Waals surface area contributed by atoms with Gasteiger partial charge >= 0.3 is 0 Å². The molecule has 0 amide bonds. The Bertz CT molecular complexity index is 5210. The highest BCUT2D eigenvalue weighted by molar-refractivity contribution is 6.14. The molecular formula is C82H50N8. The summed E-state index contributed by atoms with van der Waals surface area (Å²) in [7, 11) is 0. The summed E-state index contributed by atoms with van der Waals surface area (Å²) in [5.41, 5.74) is 23.3. The first-order chi connectivity index (χ1) is 44.5. The fourth-order valence-corrected chi connectivity index (χ4v) is 12.7.